The van der Waals surface area contributed by atoms with Gasteiger partial charge in [-0.15, -0.1) is 0 Å². The first-order valence-electron chi connectivity index (χ1n) is 4.50. The molecule has 14 heavy (non-hydrogen) atoms. The van der Waals surface area contributed by atoms with E-state index in [1.165, 1.54) is 5.56 Å². The maximum atomic E-state index is 10.6. The van der Waals surface area contributed by atoms with E-state index in [1.807, 2.05) is 24.3 Å². The minimum absolute atomic E-state index is 0.319. The highest BCUT2D eigenvalue weighted by Gasteiger charge is 2.11. The number of benzene rings is 1. The lowest BCUT2D eigenvalue weighted by molar-refractivity contribution is -0.141. The number of alkyl halides is 1. The summed E-state index contributed by atoms with van der Waals surface area (Å²) >= 11 is 3.37. The first-order chi connectivity index (χ1) is 6.63. The Morgan fingerprint density at radius 3 is 2.71 bits per heavy atom. The van der Waals surface area contributed by atoms with Gasteiger partial charge in [-0.25, -0.2) is 0 Å². The standard InChI is InChI=1S/C11H13BrO2/c1-8(11(13)14)5-9-3-2-4-10(6-9)7-12/h2-4,6,8H,5,7H2,1H3,(H,13,14). The van der Waals surface area contributed by atoms with Crippen LogP contribution >= 0.6 is 15.9 Å². The van der Waals surface area contributed by atoms with Gasteiger partial charge in [0.15, 0.2) is 0 Å². The third kappa shape index (κ3) is 3.14. The molecule has 0 amide bonds. The zero-order valence-corrected chi connectivity index (χ0v) is 9.62. The van der Waals surface area contributed by atoms with Crippen LogP contribution in [0.3, 0.4) is 0 Å². The van der Waals surface area contributed by atoms with Crippen LogP contribution in [0.25, 0.3) is 0 Å². The summed E-state index contributed by atoms with van der Waals surface area (Å²) in [5.74, 6) is -1.06. The molecular weight excluding hydrogens is 244 g/mol. The van der Waals surface area contributed by atoms with Gasteiger partial charge in [-0.1, -0.05) is 47.1 Å². The molecule has 1 rings (SSSR count). The van der Waals surface area contributed by atoms with Crippen molar-refractivity contribution in [3.05, 3.63) is 35.4 Å². The number of aliphatic carboxylic acids is 1. The fourth-order valence-corrected chi connectivity index (χ4v) is 1.63. The van der Waals surface area contributed by atoms with E-state index in [0.717, 1.165) is 10.9 Å². The molecule has 0 spiro atoms. The van der Waals surface area contributed by atoms with Crippen molar-refractivity contribution in [1.29, 1.82) is 0 Å². The zero-order chi connectivity index (χ0) is 10.6. The molecule has 76 valence electrons. The Hall–Kier alpha value is -0.830. The van der Waals surface area contributed by atoms with Gasteiger partial charge in [0.05, 0.1) is 5.92 Å². The zero-order valence-electron chi connectivity index (χ0n) is 8.03. The molecule has 2 nitrogen and oxygen atoms in total. The van der Waals surface area contributed by atoms with Crippen LogP contribution in [-0.2, 0) is 16.5 Å². The van der Waals surface area contributed by atoms with E-state index >= 15 is 0 Å². The summed E-state index contributed by atoms with van der Waals surface area (Å²) in [5, 5.41) is 9.57. The summed E-state index contributed by atoms with van der Waals surface area (Å²) in [4.78, 5) is 10.6. The lowest BCUT2D eigenvalue weighted by Gasteiger charge is -2.06. The Balaban J connectivity index is 2.71. The van der Waals surface area contributed by atoms with E-state index in [2.05, 4.69) is 15.9 Å². The van der Waals surface area contributed by atoms with Crippen LogP contribution in [0.1, 0.15) is 18.1 Å². The van der Waals surface area contributed by atoms with Crippen molar-refractivity contribution in [3.8, 4) is 0 Å². The third-order valence-corrected chi connectivity index (χ3v) is 2.76. The normalized spacial score (nSPS) is 12.4. The molecular formula is C11H13BrO2. The van der Waals surface area contributed by atoms with E-state index in [-0.39, 0.29) is 5.92 Å². The number of carbonyl (C=O) groups is 1. The van der Waals surface area contributed by atoms with Gasteiger partial charge < -0.3 is 5.11 Å². The van der Waals surface area contributed by atoms with Gasteiger partial charge in [-0.05, 0) is 17.5 Å². The lowest BCUT2D eigenvalue weighted by atomic mass is 10.0. The van der Waals surface area contributed by atoms with Crippen molar-refractivity contribution >= 4 is 21.9 Å². The van der Waals surface area contributed by atoms with Gasteiger partial charge in [0.25, 0.3) is 0 Å². The molecule has 1 atom stereocenters. The molecule has 1 aromatic rings. The smallest absolute Gasteiger partial charge is 0.306 e. The molecule has 0 saturated heterocycles. The van der Waals surface area contributed by atoms with Gasteiger partial charge in [0, 0.05) is 5.33 Å². The van der Waals surface area contributed by atoms with Crippen molar-refractivity contribution in [2.45, 2.75) is 18.7 Å². The Bertz CT molecular complexity index is 323. The number of carboxylic acids is 1. The molecule has 0 radical (unpaired) electrons. The lowest BCUT2D eigenvalue weighted by Crippen LogP contribution is -2.12. The first kappa shape index (κ1) is 11.2. The molecule has 0 fully saturated rings. The molecule has 1 aromatic carbocycles. The SMILES string of the molecule is CC(Cc1cccc(CBr)c1)C(=O)O. The maximum absolute atomic E-state index is 10.6. The number of carboxylic acid groups (broad SMARTS) is 1. The Morgan fingerprint density at radius 1 is 1.50 bits per heavy atom. The summed E-state index contributed by atoms with van der Waals surface area (Å²) in [6.07, 6.45) is 0.593. The Labute approximate surface area is 92.1 Å². The summed E-state index contributed by atoms with van der Waals surface area (Å²) < 4.78 is 0. The summed E-state index contributed by atoms with van der Waals surface area (Å²) in [6.45, 7) is 1.73. The van der Waals surface area contributed by atoms with E-state index in [4.69, 9.17) is 5.11 Å². The summed E-state index contributed by atoms with van der Waals surface area (Å²) in [7, 11) is 0. The molecule has 0 aliphatic carbocycles. The third-order valence-electron chi connectivity index (χ3n) is 2.11. The van der Waals surface area contributed by atoms with Crippen molar-refractivity contribution in [3.63, 3.8) is 0 Å². The van der Waals surface area contributed by atoms with Crippen LogP contribution in [0.2, 0.25) is 0 Å². The van der Waals surface area contributed by atoms with Crippen molar-refractivity contribution in [2.75, 3.05) is 0 Å². The molecule has 0 heterocycles. The topological polar surface area (TPSA) is 37.3 Å². The highest BCUT2D eigenvalue weighted by Crippen LogP contribution is 2.13. The molecule has 1 unspecified atom stereocenters. The molecule has 0 aliphatic heterocycles. The summed E-state index contributed by atoms with van der Waals surface area (Å²) in [5.41, 5.74) is 2.26. The molecule has 1 N–H and O–H groups in total. The van der Waals surface area contributed by atoms with Gasteiger partial charge in [-0.2, -0.15) is 0 Å². The van der Waals surface area contributed by atoms with Crippen LogP contribution in [-0.4, -0.2) is 11.1 Å². The van der Waals surface area contributed by atoms with Gasteiger partial charge in [0.1, 0.15) is 0 Å². The van der Waals surface area contributed by atoms with Crippen LogP contribution < -0.4 is 0 Å². The van der Waals surface area contributed by atoms with Crippen LogP contribution in [0.5, 0.6) is 0 Å². The largest absolute Gasteiger partial charge is 0.481 e. The van der Waals surface area contributed by atoms with E-state index in [0.29, 0.717) is 6.42 Å². The second-order valence-electron chi connectivity index (χ2n) is 3.40. The van der Waals surface area contributed by atoms with Crippen LogP contribution in [0, 0.1) is 5.92 Å². The first-order valence-corrected chi connectivity index (χ1v) is 5.62. The molecule has 0 saturated carbocycles. The number of hydrogen-bond donors (Lipinski definition) is 1. The van der Waals surface area contributed by atoms with Crippen molar-refractivity contribution in [1.82, 2.24) is 0 Å². The number of halogens is 1. The number of hydrogen-bond acceptors (Lipinski definition) is 1. The van der Waals surface area contributed by atoms with E-state index in [1.54, 1.807) is 6.92 Å². The fourth-order valence-electron chi connectivity index (χ4n) is 1.28. The fraction of sp³-hybridized carbons (Fsp3) is 0.364. The summed E-state index contributed by atoms with van der Waals surface area (Å²) in [6, 6.07) is 7.98. The molecule has 0 aliphatic rings. The van der Waals surface area contributed by atoms with Gasteiger partial charge >= 0.3 is 5.97 Å². The maximum Gasteiger partial charge on any atom is 0.306 e. The van der Waals surface area contributed by atoms with Gasteiger partial charge in [0.2, 0.25) is 0 Å². The second kappa shape index (κ2) is 5.15. The van der Waals surface area contributed by atoms with E-state index < -0.39 is 5.97 Å². The molecule has 0 aromatic heterocycles. The average molecular weight is 257 g/mol. The van der Waals surface area contributed by atoms with Crippen LogP contribution in [0.15, 0.2) is 24.3 Å². The van der Waals surface area contributed by atoms with Crippen LogP contribution in [0.4, 0.5) is 0 Å². The predicted molar refractivity (Wildman–Crippen MR) is 59.6 cm³/mol. The highest BCUT2D eigenvalue weighted by molar-refractivity contribution is 9.08. The monoisotopic (exact) mass is 256 g/mol. The quantitative estimate of drug-likeness (QED) is 0.842. The van der Waals surface area contributed by atoms with E-state index in [9.17, 15) is 4.79 Å². The average Bonchev–Trinajstić information content (AvgIpc) is 2.18. The molecule has 3 heteroatoms. The Morgan fingerprint density at radius 2 is 2.14 bits per heavy atom. The Kier molecular flexibility index (Phi) is 4.14. The van der Waals surface area contributed by atoms with Crippen molar-refractivity contribution < 1.29 is 9.90 Å². The minimum Gasteiger partial charge on any atom is -0.481 e. The predicted octanol–water partition coefficient (Wildman–Crippen LogP) is 2.84. The van der Waals surface area contributed by atoms with Gasteiger partial charge in [-0.3, -0.25) is 4.79 Å². The number of rotatable bonds is 4. The second-order valence-corrected chi connectivity index (χ2v) is 3.96. The molecule has 0 bridgehead atoms. The van der Waals surface area contributed by atoms with Crippen molar-refractivity contribution in [2.24, 2.45) is 5.92 Å². The minimum atomic E-state index is -0.741. The highest BCUT2D eigenvalue weighted by atomic mass is 79.9.